The van der Waals surface area contributed by atoms with Crippen LogP contribution in [0.15, 0.2) is 40.8 Å². The van der Waals surface area contributed by atoms with Crippen LogP contribution in [0.1, 0.15) is 16.1 Å². The summed E-state index contributed by atoms with van der Waals surface area (Å²) in [5.74, 6) is -1.16. The fourth-order valence-electron chi connectivity index (χ4n) is 1.61. The van der Waals surface area contributed by atoms with E-state index in [9.17, 15) is 14.9 Å². The van der Waals surface area contributed by atoms with Crippen molar-refractivity contribution in [2.24, 2.45) is 0 Å². The van der Waals surface area contributed by atoms with Gasteiger partial charge in [0.25, 0.3) is 5.91 Å². The maximum Gasteiger partial charge on any atom is 0.433 e. The minimum Gasteiger partial charge on any atom is -0.395 e. The molecular formula is C13H9N3O4. The SMILES string of the molecule is CN(C(=O)c1ccc([N+](=O)[O-])o1)c1cccc(C#N)c1. The number of nitriles is 1. The lowest BCUT2D eigenvalue weighted by Gasteiger charge is -2.15. The highest BCUT2D eigenvalue weighted by Crippen LogP contribution is 2.20. The summed E-state index contributed by atoms with van der Waals surface area (Å²) in [6.07, 6.45) is 0. The number of rotatable bonds is 3. The van der Waals surface area contributed by atoms with Gasteiger partial charge in [0.15, 0.2) is 5.76 Å². The lowest BCUT2D eigenvalue weighted by Crippen LogP contribution is -2.25. The summed E-state index contributed by atoms with van der Waals surface area (Å²) in [5.41, 5.74) is 0.903. The van der Waals surface area contributed by atoms with E-state index in [-0.39, 0.29) is 5.76 Å². The Morgan fingerprint density at radius 3 is 2.75 bits per heavy atom. The summed E-state index contributed by atoms with van der Waals surface area (Å²) in [7, 11) is 1.49. The minimum absolute atomic E-state index is 0.137. The molecule has 20 heavy (non-hydrogen) atoms. The molecule has 0 unspecified atom stereocenters. The molecule has 0 radical (unpaired) electrons. The Kier molecular flexibility index (Phi) is 3.48. The fraction of sp³-hybridized carbons (Fsp3) is 0.0769. The maximum absolute atomic E-state index is 12.1. The van der Waals surface area contributed by atoms with Crippen LogP contribution in [0.5, 0.6) is 0 Å². The molecule has 1 heterocycles. The molecule has 1 amide bonds. The number of carbonyl (C=O) groups is 1. The van der Waals surface area contributed by atoms with Crippen LogP contribution >= 0.6 is 0 Å². The Hall–Kier alpha value is -3.14. The second-order valence-electron chi connectivity index (χ2n) is 3.92. The predicted octanol–water partition coefficient (Wildman–Crippen LogP) is 2.34. The van der Waals surface area contributed by atoms with Crippen LogP contribution in [0.2, 0.25) is 0 Å². The fourth-order valence-corrected chi connectivity index (χ4v) is 1.61. The number of benzene rings is 1. The van der Waals surface area contributed by atoms with E-state index in [4.69, 9.17) is 9.68 Å². The lowest BCUT2D eigenvalue weighted by atomic mass is 10.2. The quantitative estimate of drug-likeness (QED) is 0.630. The van der Waals surface area contributed by atoms with Gasteiger partial charge in [0, 0.05) is 12.7 Å². The molecule has 1 aromatic heterocycles. The van der Waals surface area contributed by atoms with Gasteiger partial charge >= 0.3 is 5.88 Å². The molecule has 1 aromatic carbocycles. The van der Waals surface area contributed by atoms with E-state index in [0.29, 0.717) is 11.3 Å². The lowest BCUT2D eigenvalue weighted by molar-refractivity contribution is -0.402. The van der Waals surface area contributed by atoms with Gasteiger partial charge < -0.3 is 9.32 Å². The second kappa shape index (κ2) is 5.24. The van der Waals surface area contributed by atoms with Crippen LogP contribution in [0, 0.1) is 21.4 Å². The van der Waals surface area contributed by atoms with Crippen LogP contribution < -0.4 is 4.90 Å². The zero-order valence-electron chi connectivity index (χ0n) is 10.4. The average Bonchev–Trinajstić information content (AvgIpc) is 2.95. The number of hydrogen-bond donors (Lipinski definition) is 0. The zero-order chi connectivity index (χ0) is 14.7. The van der Waals surface area contributed by atoms with Crippen molar-refractivity contribution in [1.82, 2.24) is 0 Å². The first kappa shape index (κ1) is 13.3. The first-order valence-corrected chi connectivity index (χ1v) is 5.55. The van der Waals surface area contributed by atoms with Gasteiger partial charge in [-0.3, -0.25) is 14.9 Å². The van der Waals surface area contributed by atoms with E-state index >= 15 is 0 Å². The molecule has 2 rings (SSSR count). The van der Waals surface area contributed by atoms with Gasteiger partial charge in [0.05, 0.1) is 17.7 Å². The van der Waals surface area contributed by atoms with Gasteiger partial charge in [-0.1, -0.05) is 6.07 Å². The molecule has 0 spiro atoms. The third-order valence-electron chi connectivity index (χ3n) is 2.65. The standard InChI is InChI=1S/C13H9N3O4/c1-15(10-4-2-3-9(7-10)8-14)13(17)11-5-6-12(20-11)16(18)19/h2-7H,1H3. The molecule has 2 aromatic rings. The first-order chi connectivity index (χ1) is 9.52. The van der Waals surface area contributed by atoms with Crippen molar-refractivity contribution in [2.45, 2.75) is 0 Å². The van der Waals surface area contributed by atoms with Crippen LogP contribution in [0.4, 0.5) is 11.6 Å². The van der Waals surface area contributed by atoms with Gasteiger partial charge in [-0.2, -0.15) is 5.26 Å². The number of hydrogen-bond acceptors (Lipinski definition) is 5. The minimum atomic E-state index is -0.715. The van der Waals surface area contributed by atoms with Crippen molar-refractivity contribution >= 4 is 17.5 Å². The zero-order valence-corrected chi connectivity index (χ0v) is 10.4. The molecule has 0 saturated carbocycles. The normalized spacial score (nSPS) is 9.80. The third-order valence-corrected chi connectivity index (χ3v) is 2.65. The van der Waals surface area contributed by atoms with Crippen LogP contribution in [0.3, 0.4) is 0 Å². The van der Waals surface area contributed by atoms with Crippen LogP contribution in [-0.4, -0.2) is 17.9 Å². The Bertz CT molecular complexity index is 714. The largest absolute Gasteiger partial charge is 0.433 e. The Morgan fingerprint density at radius 2 is 2.15 bits per heavy atom. The molecule has 7 nitrogen and oxygen atoms in total. The van der Waals surface area contributed by atoms with Gasteiger partial charge in [-0.25, -0.2) is 0 Å². The summed E-state index contributed by atoms with van der Waals surface area (Å²) in [4.78, 5) is 23.2. The van der Waals surface area contributed by atoms with E-state index in [2.05, 4.69) is 0 Å². The summed E-state index contributed by atoms with van der Waals surface area (Å²) in [5, 5.41) is 19.3. The van der Waals surface area contributed by atoms with Gasteiger partial charge in [0.1, 0.15) is 4.92 Å². The first-order valence-electron chi connectivity index (χ1n) is 5.55. The second-order valence-corrected chi connectivity index (χ2v) is 3.92. The molecule has 100 valence electrons. The molecule has 0 atom stereocenters. The number of anilines is 1. The summed E-state index contributed by atoms with van der Waals surface area (Å²) < 4.78 is 4.85. The molecule has 0 aliphatic carbocycles. The smallest absolute Gasteiger partial charge is 0.395 e. The van der Waals surface area contributed by atoms with E-state index in [1.807, 2.05) is 6.07 Å². The van der Waals surface area contributed by atoms with Crippen molar-refractivity contribution < 1.29 is 14.1 Å². The van der Waals surface area contributed by atoms with E-state index in [0.717, 1.165) is 6.07 Å². The monoisotopic (exact) mass is 271 g/mol. The molecule has 0 aliphatic rings. The number of nitro groups is 1. The van der Waals surface area contributed by atoms with Crippen molar-refractivity contribution in [1.29, 1.82) is 5.26 Å². The molecule has 0 fully saturated rings. The molecule has 0 saturated heterocycles. The summed E-state index contributed by atoms with van der Waals surface area (Å²) >= 11 is 0. The highest BCUT2D eigenvalue weighted by Gasteiger charge is 2.21. The number of carbonyl (C=O) groups excluding carboxylic acids is 1. The maximum atomic E-state index is 12.1. The molecule has 0 aliphatic heterocycles. The van der Waals surface area contributed by atoms with Gasteiger partial charge in [-0.15, -0.1) is 0 Å². The van der Waals surface area contributed by atoms with Crippen molar-refractivity contribution in [3.63, 3.8) is 0 Å². The summed E-state index contributed by atoms with van der Waals surface area (Å²) in [6.45, 7) is 0. The molecular weight excluding hydrogens is 262 g/mol. The molecule has 0 bridgehead atoms. The Morgan fingerprint density at radius 1 is 1.40 bits per heavy atom. The van der Waals surface area contributed by atoms with Gasteiger partial charge in [0.2, 0.25) is 0 Å². The van der Waals surface area contributed by atoms with E-state index in [1.165, 1.54) is 24.1 Å². The number of furan rings is 1. The average molecular weight is 271 g/mol. The van der Waals surface area contributed by atoms with Crippen molar-refractivity contribution in [2.75, 3.05) is 11.9 Å². The third kappa shape index (κ3) is 2.49. The van der Waals surface area contributed by atoms with E-state index < -0.39 is 16.7 Å². The Labute approximate surface area is 113 Å². The number of nitrogens with zero attached hydrogens (tertiary/aromatic N) is 3. The van der Waals surface area contributed by atoms with Gasteiger partial charge in [-0.05, 0) is 24.3 Å². The Balaban J connectivity index is 2.27. The highest BCUT2D eigenvalue weighted by atomic mass is 16.6. The molecule has 0 N–H and O–H groups in total. The number of amides is 1. The van der Waals surface area contributed by atoms with E-state index in [1.54, 1.807) is 18.2 Å². The highest BCUT2D eigenvalue weighted by molar-refractivity contribution is 6.04. The summed E-state index contributed by atoms with van der Waals surface area (Å²) in [6, 6.07) is 10.8. The van der Waals surface area contributed by atoms with Crippen molar-refractivity contribution in [3.8, 4) is 6.07 Å². The molecule has 7 heteroatoms. The topological polar surface area (TPSA) is 100 Å². The van der Waals surface area contributed by atoms with Crippen LogP contribution in [0.25, 0.3) is 0 Å². The van der Waals surface area contributed by atoms with Crippen molar-refractivity contribution in [3.05, 3.63) is 57.8 Å². The van der Waals surface area contributed by atoms with Crippen LogP contribution in [-0.2, 0) is 0 Å². The predicted molar refractivity (Wildman–Crippen MR) is 69.3 cm³/mol.